The largest absolute Gasteiger partial charge is 0.497 e. The van der Waals surface area contributed by atoms with Crippen molar-refractivity contribution in [2.24, 2.45) is 0 Å². The third kappa shape index (κ3) is 3.93. The first-order chi connectivity index (χ1) is 12.6. The van der Waals surface area contributed by atoms with Crippen LogP contribution < -0.4 is 10.1 Å². The fourth-order valence-electron chi connectivity index (χ4n) is 2.58. The van der Waals surface area contributed by atoms with Crippen LogP contribution in [-0.2, 0) is 0 Å². The van der Waals surface area contributed by atoms with E-state index in [0.717, 1.165) is 28.3 Å². The minimum Gasteiger partial charge on any atom is -0.497 e. The minimum atomic E-state index is 0.504. The Bertz CT molecular complexity index is 998. The molecule has 3 aromatic rings. The third-order valence-electron chi connectivity index (χ3n) is 3.97. The molecular weight excluding hydrogens is 342 g/mol. The number of allylic oxidation sites excluding steroid dienone is 1. The zero-order chi connectivity index (χ0) is 18.5. The van der Waals surface area contributed by atoms with Crippen LogP contribution in [0.2, 0.25) is 0 Å². The van der Waals surface area contributed by atoms with Crippen LogP contribution in [0.4, 0.5) is 5.69 Å². The lowest BCUT2D eigenvalue weighted by Gasteiger charge is -2.06. The van der Waals surface area contributed by atoms with E-state index in [1.54, 1.807) is 13.3 Å². The molecule has 1 heterocycles. The van der Waals surface area contributed by atoms with E-state index < -0.39 is 0 Å². The molecule has 0 radical (unpaired) electrons. The molecule has 0 unspecified atom stereocenters. The van der Waals surface area contributed by atoms with Crippen LogP contribution in [-0.4, -0.2) is 12.1 Å². The maximum absolute atomic E-state index is 9.52. The minimum absolute atomic E-state index is 0.504. The van der Waals surface area contributed by atoms with Gasteiger partial charge in [0.05, 0.1) is 12.8 Å². The molecule has 3 rings (SSSR count). The number of aryl methyl sites for hydroxylation is 2. The molecule has 0 saturated heterocycles. The van der Waals surface area contributed by atoms with E-state index in [4.69, 9.17) is 4.74 Å². The number of aromatic nitrogens is 1. The van der Waals surface area contributed by atoms with Gasteiger partial charge in [0.25, 0.3) is 0 Å². The average molecular weight is 361 g/mol. The van der Waals surface area contributed by atoms with Gasteiger partial charge in [0.1, 0.15) is 22.4 Å². The van der Waals surface area contributed by atoms with Crippen LogP contribution in [0.1, 0.15) is 16.1 Å². The molecule has 0 bridgehead atoms. The quantitative estimate of drug-likeness (QED) is 0.617. The molecule has 1 N–H and O–H groups in total. The monoisotopic (exact) mass is 361 g/mol. The second-order valence-electron chi connectivity index (χ2n) is 5.90. The number of ether oxygens (including phenoxy) is 1. The van der Waals surface area contributed by atoms with E-state index in [2.05, 4.69) is 29.4 Å². The zero-order valence-corrected chi connectivity index (χ0v) is 15.7. The van der Waals surface area contributed by atoms with Crippen molar-refractivity contribution < 1.29 is 4.74 Å². The normalized spacial score (nSPS) is 11.1. The van der Waals surface area contributed by atoms with Gasteiger partial charge in [-0.2, -0.15) is 5.26 Å². The molecule has 0 fully saturated rings. The maximum Gasteiger partial charge on any atom is 0.136 e. The molecule has 0 saturated carbocycles. The number of benzene rings is 2. The summed E-state index contributed by atoms with van der Waals surface area (Å²) in [5.41, 5.74) is 5.62. The number of anilines is 1. The van der Waals surface area contributed by atoms with Gasteiger partial charge in [0, 0.05) is 22.8 Å². The SMILES string of the molecule is COc1cccc(-c2csc(/C(C#N)=C/Nc3ccc(C)cc3C)n2)c1. The summed E-state index contributed by atoms with van der Waals surface area (Å²) < 4.78 is 5.26. The van der Waals surface area contributed by atoms with E-state index in [9.17, 15) is 5.26 Å². The van der Waals surface area contributed by atoms with Gasteiger partial charge in [-0.25, -0.2) is 4.98 Å². The fourth-order valence-corrected chi connectivity index (χ4v) is 3.37. The van der Waals surface area contributed by atoms with Crippen molar-refractivity contribution in [3.8, 4) is 23.1 Å². The van der Waals surface area contributed by atoms with Crippen LogP contribution in [0.15, 0.2) is 54.0 Å². The van der Waals surface area contributed by atoms with Gasteiger partial charge in [-0.05, 0) is 37.6 Å². The van der Waals surface area contributed by atoms with Crippen LogP contribution in [0.5, 0.6) is 5.75 Å². The number of methoxy groups -OCH3 is 1. The van der Waals surface area contributed by atoms with E-state index >= 15 is 0 Å². The summed E-state index contributed by atoms with van der Waals surface area (Å²) in [5, 5.41) is 15.4. The molecule has 4 nitrogen and oxygen atoms in total. The molecule has 0 aliphatic heterocycles. The lowest BCUT2D eigenvalue weighted by atomic mass is 10.1. The molecule has 0 amide bonds. The smallest absolute Gasteiger partial charge is 0.136 e. The lowest BCUT2D eigenvalue weighted by Crippen LogP contribution is -1.94. The highest BCUT2D eigenvalue weighted by Gasteiger charge is 2.10. The predicted molar refractivity (Wildman–Crippen MR) is 107 cm³/mol. The van der Waals surface area contributed by atoms with Gasteiger partial charge in [0.2, 0.25) is 0 Å². The Kier molecular flexibility index (Phi) is 5.35. The molecule has 5 heteroatoms. The lowest BCUT2D eigenvalue weighted by molar-refractivity contribution is 0.415. The number of hydrogen-bond donors (Lipinski definition) is 1. The molecule has 0 aliphatic rings. The second kappa shape index (κ2) is 7.85. The highest BCUT2D eigenvalue weighted by atomic mass is 32.1. The van der Waals surface area contributed by atoms with Gasteiger partial charge in [-0.15, -0.1) is 11.3 Å². The van der Waals surface area contributed by atoms with Crippen LogP contribution in [0.3, 0.4) is 0 Å². The number of nitrogens with one attached hydrogen (secondary N) is 1. The summed E-state index contributed by atoms with van der Waals surface area (Å²) in [6, 6.07) is 16.1. The molecule has 26 heavy (non-hydrogen) atoms. The first kappa shape index (κ1) is 17.7. The number of rotatable bonds is 5. The number of hydrogen-bond acceptors (Lipinski definition) is 5. The van der Waals surface area contributed by atoms with E-state index in [0.29, 0.717) is 10.6 Å². The van der Waals surface area contributed by atoms with Gasteiger partial charge >= 0.3 is 0 Å². The number of nitrogens with zero attached hydrogens (tertiary/aromatic N) is 2. The topological polar surface area (TPSA) is 57.9 Å². The fraction of sp³-hybridized carbons (Fsp3) is 0.143. The molecular formula is C21H19N3OS. The highest BCUT2D eigenvalue weighted by molar-refractivity contribution is 7.11. The molecule has 1 aromatic heterocycles. The van der Waals surface area contributed by atoms with Gasteiger partial charge in [-0.1, -0.05) is 29.8 Å². The van der Waals surface area contributed by atoms with Crippen molar-refractivity contribution >= 4 is 22.6 Å². The van der Waals surface area contributed by atoms with E-state index in [-0.39, 0.29) is 0 Å². The van der Waals surface area contributed by atoms with Crippen molar-refractivity contribution in [3.63, 3.8) is 0 Å². The predicted octanol–water partition coefficient (Wildman–Crippen LogP) is 5.41. The van der Waals surface area contributed by atoms with Crippen molar-refractivity contribution in [1.82, 2.24) is 4.98 Å². The third-order valence-corrected chi connectivity index (χ3v) is 4.85. The van der Waals surface area contributed by atoms with Crippen LogP contribution in [0.25, 0.3) is 16.8 Å². The summed E-state index contributed by atoms with van der Waals surface area (Å²) in [5.74, 6) is 0.782. The summed E-state index contributed by atoms with van der Waals surface area (Å²) in [4.78, 5) is 4.61. The molecule has 0 aliphatic carbocycles. The van der Waals surface area contributed by atoms with Crippen LogP contribution >= 0.6 is 11.3 Å². The van der Waals surface area contributed by atoms with Gasteiger partial charge in [0.15, 0.2) is 0 Å². The summed E-state index contributed by atoms with van der Waals surface area (Å²) in [6.45, 7) is 4.10. The summed E-state index contributed by atoms with van der Waals surface area (Å²) in [7, 11) is 1.64. The Morgan fingerprint density at radius 3 is 2.81 bits per heavy atom. The number of nitriles is 1. The number of thiazole rings is 1. The first-order valence-electron chi connectivity index (χ1n) is 8.15. The Morgan fingerprint density at radius 2 is 2.08 bits per heavy atom. The van der Waals surface area contributed by atoms with E-state index in [1.807, 2.05) is 48.7 Å². The second-order valence-corrected chi connectivity index (χ2v) is 6.76. The highest BCUT2D eigenvalue weighted by Crippen LogP contribution is 2.28. The van der Waals surface area contributed by atoms with Gasteiger partial charge in [-0.3, -0.25) is 0 Å². The van der Waals surface area contributed by atoms with Gasteiger partial charge < -0.3 is 10.1 Å². The van der Waals surface area contributed by atoms with Crippen molar-refractivity contribution in [2.45, 2.75) is 13.8 Å². The van der Waals surface area contributed by atoms with Crippen LogP contribution in [0, 0.1) is 25.2 Å². The Hall–Kier alpha value is -3.10. The van der Waals surface area contributed by atoms with Crippen molar-refractivity contribution in [3.05, 3.63) is 70.2 Å². The Labute approximate surface area is 157 Å². The standard InChI is InChI=1S/C21H19N3OS/c1-14-7-8-19(15(2)9-14)23-12-17(11-22)21-24-20(13-26-21)16-5-4-6-18(10-16)25-3/h4-10,12-13,23H,1-3H3/b17-12+. The van der Waals surface area contributed by atoms with Crippen molar-refractivity contribution in [2.75, 3.05) is 12.4 Å². The first-order valence-corrected chi connectivity index (χ1v) is 9.03. The average Bonchev–Trinajstić information content (AvgIpc) is 3.14. The van der Waals surface area contributed by atoms with E-state index in [1.165, 1.54) is 16.9 Å². The molecule has 2 aromatic carbocycles. The summed E-state index contributed by atoms with van der Waals surface area (Å²) in [6.07, 6.45) is 1.71. The molecule has 130 valence electrons. The maximum atomic E-state index is 9.52. The Morgan fingerprint density at radius 1 is 1.23 bits per heavy atom. The zero-order valence-electron chi connectivity index (χ0n) is 14.9. The Balaban J connectivity index is 1.85. The summed E-state index contributed by atoms with van der Waals surface area (Å²) >= 11 is 1.45. The van der Waals surface area contributed by atoms with Crippen molar-refractivity contribution in [1.29, 1.82) is 5.26 Å². The molecule has 0 spiro atoms. The molecule has 0 atom stereocenters.